The number of hydrogen-bond donors (Lipinski definition) is 0. The average molecular weight is 151 g/mol. The highest BCUT2D eigenvalue weighted by atomic mass is 16.5. The highest BCUT2D eigenvalue weighted by Crippen LogP contribution is 2.05. The van der Waals surface area contributed by atoms with Crippen LogP contribution in [0.5, 0.6) is 5.88 Å². The van der Waals surface area contributed by atoms with E-state index >= 15 is 0 Å². The molecule has 3 heteroatoms. The molecule has 58 valence electrons. The number of nitrogens with zero attached hydrogens (tertiary/aromatic N) is 1. The van der Waals surface area contributed by atoms with Crippen molar-refractivity contribution in [1.29, 1.82) is 0 Å². The molecule has 1 heterocycles. The second-order valence-corrected chi connectivity index (χ2v) is 2.09. The first-order valence-electron chi connectivity index (χ1n) is 3.33. The van der Waals surface area contributed by atoms with Crippen LogP contribution < -0.4 is 4.74 Å². The third-order valence-corrected chi connectivity index (χ3v) is 1.16. The number of aldehydes is 1. The van der Waals surface area contributed by atoms with Gasteiger partial charge in [0.2, 0.25) is 5.88 Å². The summed E-state index contributed by atoms with van der Waals surface area (Å²) in [5, 5.41) is 0. The van der Waals surface area contributed by atoms with Crippen molar-refractivity contribution in [1.82, 2.24) is 4.98 Å². The molecule has 0 spiro atoms. The predicted octanol–water partition coefficient (Wildman–Crippen LogP) is 0.968. The van der Waals surface area contributed by atoms with E-state index in [9.17, 15) is 4.79 Å². The molecule has 0 saturated heterocycles. The fourth-order valence-corrected chi connectivity index (χ4v) is 0.718. The minimum atomic E-state index is 0.0659. The highest BCUT2D eigenvalue weighted by molar-refractivity contribution is 5.51. The summed E-state index contributed by atoms with van der Waals surface area (Å²) < 4.78 is 4.96. The molecule has 3 nitrogen and oxygen atoms in total. The van der Waals surface area contributed by atoms with E-state index in [1.165, 1.54) is 0 Å². The Balaban J connectivity index is 2.63. The molecule has 0 aliphatic carbocycles. The van der Waals surface area contributed by atoms with Crippen LogP contribution in [0.3, 0.4) is 0 Å². The first-order chi connectivity index (χ1) is 5.33. The van der Waals surface area contributed by atoms with Crippen molar-refractivity contribution in [3.05, 3.63) is 23.9 Å². The van der Waals surface area contributed by atoms with Gasteiger partial charge in [-0.3, -0.25) is 4.79 Å². The molecule has 1 aromatic heterocycles. The Labute approximate surface area is 65.0 Å². The zero-order valence-corrected chi connectivity index (χ0v) is 6.28. The van der Waals surface area contributed by atoms with E-state index in [0.717, 1.165) is 5.69 Å². The van der Waals surface area contributed by atoms with Crippen LogP contribution in [0.4, 0.5) is 0 Å². The van der Waals surface area contributed by atoms with Crippen LogP contribution in [0.15, 0.2) is 18.2 Å². The Kier molecular flexibility index (Phi) is 2.60. The van der Waals surface area contributed by atoms with Gasteiger partial charge >= 0.3 is 0 Å². The van der Waals surface area contributed by atoms with Gasteiger partial charge in [0, 0.05) is 11.8 Å². The Bertz CT molecular complexity index is 248. The lowest BCUT2D eigenvalue weighted by molar-refractivity contribution is -0.109. The van der Waals surface area contributed by atoms with Crippen LogP contribution in [0.25, 0.3) is 0 Å². The minimum Gasteiger partial charge on any atom is -0.470 e. The van der Waals surface area contributed by atoms with Gasteiger partial charge in [0.15, 0.2) is 6.29 Å². The van der Waals surface area contributed by atoms with E-state index < -0.39 is 0 Å². The predicted molar refractivity (Wildman–Crippen MR) is 40.5 cm³/mol. The largest absolute Gasteiger partial charge is 0.470 e. The lowest BCUT2D eigenvalue weighted by Crippen LogP contribution is -1.99. The van der Waals surface area contributed by atoms with Crippen molar-refractivity contribution in [3.63, 3.8) is 0 Å². The zero-order chi connectivity index (χ0) is 8.10. The molecule has 1 aromatic rings. The maximum Gasteiger partial charge on any atom is 0.213 e. The monoisotopic (exact) mass is 151 g/mol. The van der Waals surface area contributed by atoms with E-state index in [2.05, 4.69) is 4.98 Å². The summed E-state index contributed by atoms with van der Waals surface area (Å²) in [6.07, 6.45) is 0.698. The van der Waals surface area contributed by atoms with E-state index in [1.807, 2.05) is 19.1 Å². The smallest absolute Gasteiger partial charge is 0.213 e. The van der Waals surface area contributed by atoms with E-state index in [4.69, 9.17) is 4.74 Å². The minimum absolute atomic E-state index is 0.0659. The normalized spacial score (nSPS) is 9.18. The second kappa shape index (κ2) is 3.71. The molecule has 0 N–H and O–H groups in total. The summed E-state index contributed by atoms with van der Waals surface area (Å²) in [5.41, 5.74) is 0.883. The number of rotatable bonds is 3. The molecule has 0 amide bonds. The van der Waals surface area contributed by atoms with Gasteiger partial charge < -0.3 is 4.74 Å². The molecule has 0 aliphatic heterocycles. The summed E-state index contributed by atoms with van der Waals surface area (Å²) in [6.45, 7) is 1.93. The van der Waals surface area contributed by atoms with Gasteiger partial charge in [0.25, 0.3) is 0 Å². The third-order valence-electron chi connectivity index (χ3n) is 1.16. The van der Waals surface area contributed by atoms with Crippen molar-refractivity contribution in [2.45, 2.75) is 6.92 Å². The van der Waals surface area contributed by atoms with Gasteiger partial charge in [-0.15, -0.1) is 0 Å². The number of carbonyl (C=O) groups is 1. The van der Waals surface area contributed by atoms with E-state index in [-0.39, 0.29) is 6.61 Å². The van der Waals surface area contributed by atoms with Crippen molar-refractivity contribution in [2.24, 2.45) is 0 Å². The van der Waals surface area contributed by atoms with Crippen LogP contribution in [-0.2, 0) is 4.79 Å². The lowest BCUT2D eigenvalue weighted by Gasteiger charge is -1.99. The number of hydrogen-bond acceptors (Lipinski definition) is 3. The van der Waals surface area contributed by atoms with Crippen LogP contribution in [-0.4, -0.2) is 17.9 Å². The van der Waals surface area contributed by atoms with E-state index in [0.29, 0.717) is 12.2 Å². The summed E-state index contributed by atoms with van der Waals surface area (Å²) in [5.74, 6) is 0.497. The fraction of sp³-hybridized carbons (Fsp3) is 0.250. The maximum atomic E-state index is 9.91. The fourth-order valence-electron chi connectivity index (χ4n) is 0.718. The van der Waals surface area contributed by atoms with Gasteiger partial charge in [-0.1, -0.05) is 6.07 Å². The van der Waals surface area contributed by atoms with Gasteiger partial charge in [-0.05, 0) is 13.0 Å². The average Bonchev–Trinajstić information content (AvgIpc) is 2.01. The van der Waals surface area contributed by atoms with Crippen molar-refractivity contribution < 1.29 is 9.53 Å². The Morgan fingerprint density at radius 3 is 3.09 bits per heavy atom. The molecule has 0 atom stereocenters. The molecule has 0 fully saturated rings. The molecule has 0 aromatic carbocycles. The molecule has 0 saturated carbocycles. The van der Waals surface area contributed by atoms with Crippen LogP contribution in [0.2, 0.25) is 0 Å². The van der Waals surface area contributed by atoms with Crippen molar-refractivity contribution >= 4 is 6.29 Å². The Hall–Kier alpha value is -1.38. The molecular weight excluding hydrogens is 142 g/mol. The molecular formula is C8H9NO2. The Morgan fingerprint density at radius 2 is 2.45 bits per heavy atom. The van der Waals surface area contributed by atoms with Gasteiger partial charge in [-0.25, -0.2) is 4.98 Å². The summed E-state index contributed by atoms with van der Waals surface area (Å²) in [7, 11) is 0. The SMILES string of the molecule is Cc1cccc(OCC=O)n1. The third kappa shape index (κ3) is 2.37. The zero-order valence-electron chi connectivity index (χ0n) is 6.28. The van der Waals surface area contributed by atoms with Gasteiger partial charge in [-0.2, -0.15) is 0 Å². The number of ether oxygens (including phenoxy) is 1. The maximum absolute atomic E-state index is 9.91. The highest BCUT2D eigenvalue weighted by Gasteiger charge is 1.92. The van der Waals surface area contributed by atoms with Crippen molar-refractivity contribution in [2.75, 3.05) is 6.61 Å². The summed E-state index contributed by atoms with van der Waals surface area (Å²) in [4.78, 5) is 13.9. The van der Waals surface area contributed by atoms with Crippen molar-refractivity contribution in [3.8, 4) is 5.88 Å². The molecule has 0 radical (unpaired) electrons. The molecule has 1 rings (SSSR count). The first kappa shape index (κ1) is 7.72. The number of aromatic nitrogens is 1. The molecule has 11 heavy (non-hydrogen) atoms. The standard InChI is InChI=1S/C8H9NO2/c1-7-3-2-4-8(9-7)11-6-5-10/h2-5H,6H2,1H3. The summed E-state index contributed by atoms with van der Waals surface area (Å²) in [6, 6.07) is 5.42. The topological polar surface area (TPSA) is 39.2 Å². The molecule has 0 bridgehead atoms. The quantitative estimate of drug-likeness (QED) is 0.604. The molecule has 0 unspecified atom stereocenters. The van der Waals surface area contributed by atoms with E-state index in [1.54, 1.807) is 6.07 Å². The number of aryl methyl sites for hydroxylation is 1. The van der Waals surface area contributed by atoms with Crippen LogP contribution >= 0.6 is 0 Å². The number of pyridine rings is 1. The second-order valence-electron chi connectivity index (χ2n) is 2.09. The Morgan fingerprint density at radius 1 is 1.64 bits per heavy atom. The summed E-state index contributed by atoms with van der Waals surface area (Å²) >= 11 is 0. The van der Waals surface area contributed by atoms with Gasteiger partial charge in [0.1, 0.15) is 6.61 Å². The first-order valence-corrected chi connectivity index (χ1v) is 3.33. The van der Waals surface area contributed by atoms with Gasteiger partial charge in [0.05, 0.1) is 0 Å². The number of carbonyl (C=O) groups excluding carboxylic acids is 1. The van der Waals surface area contributed by atoms with Crippen LogP contribution in [0.1, 0.15) is 5.69 Å². The van der Waals surface area contributed by atoms with Crippen LogP contribution in [0, 0.1) is 6.92 Å². The molecule has 0 aliphatic rings. The lowest BCUT2D eigenvalue weighted by atomic mass is 10.4.